The third kappa shape index (κ3) is 7.56. The molecule has 2 aromatic carbocycles. The molecule has 2 rings (SSSR count). The topological polar surface area (TPSA) is 91.1 Å². The molecule has 2 aromatic rings. The lowest BCUT2D eigenvalue weighted by Gasteiger charge is -2.08. The molecule has 0 spiro atoms. The quantitative estimate of drug-likeness (QED) is 0.209. The molecule has 7 nitrogen and oxygen atoms in total. The summed E-state index contributed by atoms with van der Waals surface area (Å²) < 4.78 is 14.1. The molecular weight excluding hydrogens is 661 g/mol. The van der Waals surface area contributed by atoms with Gasteiger partial charge in [-0.3, -0.25) is 5.41 Å². The van der Waals surface area contributed by atoms with Crippen LogP contribution in [-0.4, -0.2) is 32.6 Å². The molecule has 0 fully saturated rings. The summed E-state index contributed by atoms with van der Waals surface area (Å²) in [7, 11) is 3.15. The van der Waals surface area contributed by atoms with Gasteiger partial charge in [0.15, 0.2) is 0 Å². The molecule has 0 unspecified atom stereocenters. The van der Waals surface area contributed by atoms with Crippen molar-refractivity contribution in [1.29, 1.82) is 5.41 Å². The molecule has 0 heterocycles. The molecule has 0 saturated heterocycles. The minimum absolute atomic E-state index is 0. The second-order valence-electron chi connectivity index (χ2n) is 5.13. The zero-order chi connectivity index (χ0) is 20.7. The molecule has 0 aliphatic heterocycles. The van der Waals surface area contributed by atoms with E-state index in [0.717, 1.165) is 29.0 Å². The minimum atomic E-state index is -0.0993. The molecule has 0 aliphatic carbocycles. The first kappa shape index (κ1) is 25.9. The Morgan fingerprint density at radius 3 is 1.48 bits per heavy atom. The molecule has 0 saturated carbocycles. The lowest BCUT2D eigenvalue weighted by atomic mass is 10.2. The number of benzene rings is 2. The van der Waals surface area contributed by atoms with Gasteiger partial charge in [0.25, 0.3) is 0 Å². The van der Waals surface area contributed by atoms with Gasteiger partial charge in [-0.2, -0.15) is 10.2 Å². The summed E-state index contributed by atoms with van der Waals surface area (Å²) in [6.07, 6.45) is 3.09. The van der Waals surface area contributed by atoms with E-state index in [2.05, 4.69) is 84.8 Å². The minimum Gasteiger partial charge on any atom is -0.496 e. The van der Waals surface area contributed by atoms with Crippen molar-refractivity contribution >= 4 is 94.5 Å². The standard InChI is InChI=1S/C17H15Br4N5O2.ClH/c1-27-15-5-13(20)11(18)3-9(15)7-23-25-17(22)26-24-8-10-4-12(19)14(21)6-16(10)28-2;/h3-8H,1-2H3,(H3,22,25,26);1H. The van der Waals surface area contributed by atoms with E-state index >= 15 is 0 Å². The van der Waals surface area contributed by atoms with Crippen LogP contribution in [0.25, 0.3) is 0 Å². The van der Waals surface area contributed by atoms with Gasteiger partial charge < -0.3 is 9.47 Å². The smallest absolute Gasteiger partial charge is 0.230 e. The van der Waals surface area contributed by atoms with Crippen LogP contribution in [0.5, 0.6) is 11.5 Å². The first-order valence-electron chi connectivity index (χ1n) is 7.58. The number of methoxy groups -OCH3 is 2. The van der Waals surface area contributed by atoms with E-state index in [4.69, 9.17) is 14.9 Å². The maximum Gasteiger partial charge on any atom is 0.230 e. The van der Waals surface area contributed by atoms with Gasteiger partial charge in [-0.25, -0.2) is 10.9 Å². The number of halogens is 5. The van der Waals surface area contributed by atoms with Crippen molar-refractivity contribution < 1.29 is 9.47 Å². The number of rotatable bonds is 6. The highest BCUT2D eigenvalue weighted by Crippen LogP contribution is 2.31. The van der Waals surface area contributed by atoms with Crippen LogP contribution < -0.4 is 20.3 Å². The van der Waals surface area contributed by atoms with Crippen molar-refractivity contribution in [3.05, 3.63) is 53.3 Å². The number of hydrazone groups is 2. The number of nitrogens with zero attached hydrogens (tertiary/aromatic N) is 2. The number of hydrogen-bond acceptors (Lipinski definition) is 5. The fourth-order valence-electron chi connectivity index (χ4n) is 2.00. The Morgan fingerprint density at radius 1 is 0.793 bits per heavy atom. The molecular formula is C17H16Br4ClN5O2. The Morgan fingerprint density at radius 2 is 1.14 bits per heavy atom. The summed E-state index contributed by atoms with van der Waals surface area (Å²) in [6, 6.07) is 7.34. The van der Waals surface area contributed by atoms with Crippen molar-refractivity contribution in [2.45, 2.75) is 0 Å². The van der Waals surface area contributed by atoms with E-state index in [-0.39, 0.29) is 18.4 Å². The molecule has 0 atom stereocenters. The molecule has 29 heavy (non-hydrogen) atoms. The van der Waals surface area contributed by atoms with Crippen molar-refractivity contribution in [3.8, 4) is 11.5 Å². The summed E-state index contributed by atoms with van der Waals surface area (Å²) >= 11 is 13.7. The number of ether oxygens (including phenoxy) is 2. The van der Waals surface area contributed by atoms with Gasteiger partial charge >= 0.3 is 0 Å². The van der Waals surface area contributed by atoms with Crippen LogP contribution in [-0.2, 0) is 0 Å². The molecule has 12 heteroatoms. The summed E-state index contributed by atoms with van der Waals surface area (Å²) in [4.78, 5) is 0. The molecule has 0 aromatic heterocycles. The Balaban J connectivity index is 0.00000420. The van der Waals surface area contributed by atoms with Crippen molar-refractivity contribution in [2.75, 3.05) is 14.2 Å². The van der Waals surface area contributed by atoms with Crippen molar-refractivity contribution in [2.24, 2.45) is 10.2 Å². The van der Waals surface area contributed by atoms with Crippen LogP contribution in [0, 0.1) is 5.41 Å². The molecule has 0 amide bonds. The van der Waals surface area contributed by atoms with Crippen LogP contribution >= 0.6 is 76.1 Å². The summed E-state index contributed by atoms with van der Waals surface area (Å²) in [5.74, 6) is 1.19. The predicted molar refractivity (Wildman–Crippen MR) is 133 cm³/mol. The zero-order valence-corrected chi connectivity index (χ0v) is 22.3. The maximum absolute atomic E-state index is 7.82. The van der Waals surface area contributed by atoms with E-state index in [0.29, 0.717) is 11.5 Å². The summed E-state index contributed by atoms with van der Waals surface area (Å²) in [5, 5.41) is 15.9. The Kier molecular flexibility index (Phi) is 11.2. The number of guanidine groups is 1. The number of hydrogen-bond donors (Lipinski definition) is 3. The van der Waals surface area contributed by atoms with Crippen LogP contribution in [0.15, 0.2) is 52.4 Å². The highest BCUT2D eigenvalue weighted by Gasteiger charge is 2.07. The van der Waals surface area contributed by atoms with Gasteiger partial charge in [-0.05, 0) is 88.0 Å². The van der Waals surface area contributed by atoms with Gasteiger partial charge in [0, 0.05) is 29.0 Å². The van der Waals surface area contributed by atoms with Crippen LogP contribution in [0.2, 0.25) is 0 Å². The molecule has 0 aliphatic rings. The van der Waals surface area contributed by atoms with Gasteiger partial charge in [-0.1, -0.05) is 0 Å². The van der Waals surface area contributed by atoms with Crippen LogP contribution in [0.4, 0.5) is 0 Å². The average Bonchev–Trinajstić information content (AvgIpc) is 2.66. The third-order valence-electron chi connectivity index (χ3n) is 3.31. The van der Waals surface area contributed by atoms with E-state index < -0.39 is 0 Å². The maximum atomic E-state index is 7.82. The highest BCUT2D eigenvalue weighted by atomic mass is 79.9. The lowest BCUT2D eigenvalue weighted by Crippen LogP contribution is -2.29. The molecule has 0 bridgehead atoms. The van der Waals surface area contributed by atoms with E-state index in [9.17, 15) is 0 Å². The predicted octanol–water partition coefficient (Wildman–Crippen LogP) is 5.66. The Hall–Kier alpha value is -1.14. The summed E-state index contributed by atoms with van der Waals surface area (Å²) in [6.45, 7) is 0. The Bertz CT molecular complexity index is 867. The third-order valence-corrected chi connectivity index (χ3v) is 6.99. The Labute approximate surface area is 208 Å². The van der Waals surface area contributed by atoms with Gasteiger partial charge in [0.2, 0.25) is 5.96 Å². The molecule has 0 radical (unpaired) electrons. The first-order chi connectivity index (χ1) is 13.3. The zero-order valence-electron chi connectivity index (χ0n) is 15.1. The largest absolute Gasteiger partial charge is 0.496 e. The van der Waals surface area contributed by atoms with Crippen LogP contribution in [0.3, 0.4) is 0 Å². The highest BCUT2D eigenvalue weighted by molar-refractivity contribution is 9.13. The second kappa shape index (κ2) is 12.5. The van der Waals surface area contributed by atoms with Crippen molar-refractivity contribution in [3.63, 3.8) is 0 Å². The fraction of sp³-hybridized carbons (Fsp3) is 0.118. The van der Waals surface area contributed by atoms with E-state index in [1.165, 1.54) is 0 Å². The molecule has 3 N–H and O–H groups in total. The van der Waals surface area contributed by atoms with Gasteiger partial charge in [-0.15, -0.1) is 12.4 Å². The monoisotopic (exact) mass is 673 g/mol. The van der Waals surface area contributed by atoms with E-state index in [1.54, 1.807) is 26.6 Å². The first-order valence-corrected chi connectivity index (χ1v) is 10.8. The molecule has 156 valence electrons. The van der Waals surface area contributed by atoms with Gasteiger partial charge in [0.1, 0.15) is 11.5 Å². The fourth-order valence-corrected chi connectivity index (χ4v) is 3.37. The normalized spacial score (nSPS) is 10.7. The number of nitrogens with one attached hydrogen (secondary N) is 3. The van der Waals surface area contributed by atoms with Crippen molar-refractivity contribution in [1.82, 2.24) is 10.9 Å². The summed E-state index contributed by atoms with van der Waals surface area (Å²) in [5.41, 5.74) is 6.58. The SMILES string of the molecule is COc1cc(Br)c(Br)cc1C=NNC(=N)NN=Cc1cc(Br)c(Br)cc1OC.Cl. The average molecular weight is 677 g/mol. The van der Waals surface area contributed by atoms with Crippen LogP contribution in [0.1, 0.15) is 11.1 Å². The lowest BCUT2D eigenvalue weighted by molar-refractivity contribution is 0.413. The second-order valence-corrected chi connectivity index (χ2v) is 8.55. The van der Waals surface area contributed by atoms with E-state index in [1.807, 2.05) is 24.3 Å². The van der Waals surface area contributed by atoms with Gasteiger partial charge in [0.05, 0.1) is 26.6 Å².